The number of likely N-dealkylation sites (N-methyl/N-ethyl adjacent to an activating group) is 1. The predicted octanol–water partition coefficient (Wildman–Crippen LogP) is 4.45. The first-order valence-corrected chi connectivity index (χ1v) is 20.3. The lowest BCUT2D eigenvalue weighted by atomic mass is 9.73. The molecule has 2 bridgehead atoms. The van der Waals surface area contributed by atoms with Crippen LogP contribution in [0, 0.1) is 28.9 Å². The van der Waals surface area contributed by atoms with Crippen molar-refractivity contribution in [1.82, 2.24) is 14.9 Å². The average Bonchev–Trinajstić information content (AvgIpc) is 3.70. The number of rotatable bonds is 9. The molecular formula is C39H62N4O10S. The van der Waals surface area contributed by atoms with Crippen LogP contribution in [0.3, 0.4) is 0 Å². The molecule has 304 valence electrons. The molecule has 4 aliphatic rings. The van der Waals surface area contributed by atoms with Gasteiger partial charge in [-0.3, -0.25) is 9.59 Å². The fraction of sp³-hybridized carbons (Fsp3) is 0.795. The molecule has 0 spiro atoms. The minimum absolute atomic E-state index is 0.117. The Balaban J connectivity index is 1.60. The number of fused-ring (bicyclic) bond motifs is 1. The quantitative estimate of drug-likeness (QED) is 0.163. The number of aliphatic hydroxyl groups excluding tert-OH is 1. The number of cyclic esters (lactones) is 1. The van der Waals surface area contributed by atoms with E-state index in [0.717, 1.165) is 11.2 Å². The van der Waals surface area contributed by atoms with Crippen molar-refractivity contribution in [2.75, 3.05) is 34.4 Å². The Morgan fingerprint density at radius 1 is 1.13 bits per heavy atom. The van der Waals surface area contributed by atoms with Crippen molar-refractivity contribution in [3.05, 3.63) is 27.6 Å². The molecule has 3 fully saturated rings. The van der Waals surface area contributed by atoms with Gasteiger partial charge in [-0.15, -0.1) is 11.3 Å². The largest absolute Gasteiger partial charge is 0.623 e. The summed E-state index contributed by atoms with van der Waals surface area (Å²) in [6.07, 6.45) is -2.37. The number of carbonyl (C=O) groups excluding carboxylic acids is 3. The predicted molar refractivity (Wildman–Crippen MR) is 203 cm³/mol. The standard InChI is InChI=1S/C39H62N4O10S/c1-12-29-39(8)33-24(4)30(42(48)21-41(43(33)37(47)53-39)17-13-15-27-16-14-18-54-27)22(2)20-38(7,49-11)34(25(5)31(44)26(6)35(46)51-29)52-36-32(45)28(40(9)10)19-23(3)50-36/h14,16,18,22-26,28-29,32-34,36,45H,12-13,15,17,19-21H2,1-11H3/t22-,23-,24-,25+,26-,28+,29+,32-,33-,34-,36+,38+,39-/m1/s1. The van der Waals surface area contributed by atoms with E-state index in [0.29, 0.717) is 31.5 Å². The van der Waals surface area contributed by atoms with Crippen LogP contribution in [0.15, 0.2) is 17.5 Å². The van der Waals surface area contributed by atoms with Gasteiger partial charge in [0.2, 0.25) is 6.67 Å². The third-order valence-corrected chi connectivity index (χ3v) is 13.3. The van der Waals surface area contributed by atoms with Gasteiger partial charge in [-0.1, -0.05) is 33.8 Å². The van der Waals surface area contributed by atoms with E-state index in [9.17, 15) is 24.7 Å². The van der Waals surface area contributed by atoms with E-state index in [1.54, 1.807) is 35.2 Å². The number of nitrogens with zero attached hydrogens (tertiary/aromatic N) is 4. The number of ether oxygens (including phenoxy) is 5. The molecule has 0 aromatic carbocycles. The van der Waals surface area contributed by atoms with Crippen LogP contribution in [0.5, 0.6) is 0 Å². The van der Waals surface area contributed by atoms with Gasteiger partial charge >= 0.3 is 12.1 Å². The number of amides is 1. The molecule has 1 amide bonds. The van der Waals surface area contributed by atoms with Gasteiger partial charge in [-0.05, 0) is 85.3 Å². The molecule has 14 nitrogen and oxygen atoms in total. The molecule has 5 heterocycles. The lowest BCUT2D eigenvalue weighted by molar-refractivity contribution is -0.494. The maximum absolute atomic E-state index is 14.5. The number of aliphatic hydroxyl groups is 1. The molecule has 13 atom stereocenters. The first-order valence-electron chi connectivity index (χ1n) is 19.4. The van der Waals surface area contributed by atoms with Crippen LogP contribution < -0.4 is 0 Å². The number of hydroxylamine groups is 1. The van der Waals surface area contributed by atoms with Crippen LogP contribution in [-0.2, 0) is 39.7 Å². The van der Waals surface area contributed by atoms with E-state index in [1.807, 2.05) is 65.1 Å². The first-order chi connectivity index (χ1) is 25.4. The van der Waals surface area contributed by atoms with E-state index in [-0.39, 0.29) is 25.2 Å². The fourth-order valence-electron chi connectivity index (χ4n) is 9.48. The first kappa shape index (κ1) is 42.5. The van der Waals surface area contributed by atoms with E-state index >= 15 is 0 Å². The van der Waals surface area contributed by atoms with Gasteiger partial charge in [0.05, 0.1) is 23.7 Å². The fourth-order valence-corrected chi connectivity index (χ4v) is 10.2. The molecule has 0 radical (unpaired) electrons. The van der Waals surface area contributed by atoms with Crippen LogP contribution in [0.2, 0.25) is 0 Å². The number of hydrazine groups is 1. The lowest BCUT2D eigenvalue weighted by Gasteiger charge is -2.47. The highest BCUT2D eigenvalue weighted by Crippen LogP contribution is 2.44. The number of hydrogen-bond acceptors (Lipinski definition) is 13. The highest BCUT2D eigenvalue weighted by atomic mass is 32.1. The summed E-state index contributed by atoms with van der Waals surface area (Å²) in [4.78, 5) is 45.5. The number of methoxy groups -OCH3 is 1. The number of aryl methyl sites for hydroxylation is 1. The smallest absolute Gasteiger partial charge is 0.425 e. The Morgan fingerprint density at radius 2 is 1.83 bits per heavy atom. The van der Waals surface area contributed by atoms with Crippen molar-refractivity contribution >= 4 is 34.9 Å². The molecule has 1 aromatic heterocycles. The Morgan fingerprint density at radius 3 is 2.44 bits per heavy atom. The van der Waals surface area contributed by atoms with E-state index in [2.05, 4.69) is 6.07 Å². The van der Waals surface area contributed by atoms with Gasteiger partial charge in [0.25, 0.3) is 0 Å². The van der Waals surface area contributed by atoms with Crippen molar-refractivity contribution in [3.63, 3.8) is 0 Å². The highest BCUT2D eigenvalue weighted by molar-refractivity contribution is 7.09. The van der Waals surface area contributed by atoms with Crippen LogP contribution >= 0.6 is 11.3 Å². The summed E-state index contributed by atoms with van der Waals surface area (Å²) in [5.41, 5.74) is -2.05. The number of carbonyl (C=O) groups is 3. The summed E-state index contributed by atoms with van der Waals surface area (Å²) in [5, 5.41) is 31.3. The topological polar surface area (TPSA) is 153 Å². The second-order valence-electron chi connectivity index (χ2n) is 16.5. The number of ketones is 1. The Kier molecular flexibility index (Phi) is 13.2. The SMILES string of the molecule is CC[C@@H]1OC(=O)[C@H](C)C(=O)[C@H](C)[C@@H](O[C@@H]2O[C@H](C)C[C@H](N(C)C)[C@H]2O)[C@@](C)(OC)C[C@@H](C)C2=[N+]([O-])CN(CCCc3cccs3)N3C(=O)O[C@@]1(C)[C@H]3[C@@H]2C. The van der Waals surface area contributed by atoms with E-state index in [4.69, 9.17) is 23.7 Å². The van der Waals surface area contributed by atoms with Crippen LogP contribution in [0.1, 0.15) is 86.0 Å². The normalized spacial score (nSPS) is 40.1. The van der Waals surface area contributed by atoms with Gasteiger partial charge in [0, 0.05) is 36.4 Å². The molecule has 3 saturated heterocycles. The van der Waals surface area contributed by atoms with Crippen LogP contribution in [-0.4, -0.2) is 137 Å². The zero-order chi connectivity index (χ0) is 39.9. The molecule has 15 heteroatoms. The second kappa shape index (κ2) is 16.8. The number of hydrogen-bond donors (Lipinski definition) is 1. The second-order valence-corrected chi connectivity index (χ2v) is 17.5. The van der Waals surface area contributed by atoms with Gasteiger partial charge in [0.15, 0.2) is 23.4 Å². The maximum Gasteiger partial charge on any atom is 0.425 e. The molecule has 0 saturated carbocycles. The highest BCUT2D eigenvalue weighted by Gasteiger charge is 2.63. The third-order valence-electron chi connectivity index (χ3n) is 12.4. The molecule has 54 heavy (non-hydrogen) atoms. The van der Waals surface area contributed by atoms with Crippen molar-refractivity contribution < 1.29 is 47.9 Å². The molecule has 1 aromatic rings. The number of esters is 1. The van der Waals surface area contributed by atoms with Crippen molar-refractivity contribution in [3.8, 4) is 0 Å². The van der Waals surface area contributed by atoms with Gasteiger partial charge in [0.1, 0.15) is 24.2 Å². The monoisotopic (exact) mass is 778 g/mol. The Hall–Kier alpha value is -2.66. The van der Waals surface area contributed by atoms with Crippen molar-refractivity contribution in [2.45, 2.75) is 141 Å². The third kappa shape index (κ3) is 8.10. The number of Topliss-reactive ketones (excluding diaryl/α,β-unsaturated/α-hetero) is 1. The van der Waals surface area contributed by atoms with Gasteiger partial charge in [-0.2, -0.15) is 9.75 Å². The van der Waals surface area contributed by atoms with Crippen LogP contribution in [0.4, 0.5) is 4.79 Å². The van der Waals surface area contributed by atoms with E-state index < -0.39 is 83.4 Å². The summed E-state index contributed by atoms with van der Waals surface area (Å²) in [7, 11) is 5.30. The molecular weight excluding hydrogens is 717 g/mol. The minimum Gasteiger partial charge on any atom is -0.623 e. The minimum atomic E-state index is -1.36. The summed E-state index contributed by atoms with van der Waals surface area (Å²) in [5.74, 6) is -4.32. The molecule has 5 rings (SSSR count). The average molecular weight is 779 g/mol. The Labute approximate surface area is 324 Å². The summed E-state index contributed by atoms with van der Waals surface area (Å²) in [6, 6.07) is 3.08. The molecule has 0 unspecified atom stereocenters. The molecule has 4 aliphatic heterocycles. The lowest BCUT2D eigenvalue weighted by Crippen LogP contribution is -2.61. The Bertz CT molecular complexity index is 1530. The zero-order valence-electron chi connectivity index (χ0n) is 33.9. The van der Waals surface area contributed by atoms with E-state index in [1.165, 1.54) is 18.9 Å². The number of thiophene rings is 1. The molecule has 1 N–H and O–H groups in total. The summed E-state index contributed by atoms with van der Waals surface area (Å²) < 4.78 is 32.5. The van der Waals surface area contributed by atoms with Crippen LogP contribution in [0.25, 0.3) is 0 Å². The van der Waals surface area contributed by atoms with Gasteiger partial charge in [-0.25, -0.2) is 9.80 Å². The maximum atomic E-state index is 14.5. The van der Waals surface area contributed by atoms with Crippen molar-refractivity contribution in [2.24, 2.45) is 23.7 Å². The summed E-state index contributed by atoms with van der Waals surface area (Å²) >= 11 is 1.66. The zero-order valence-corrected chi connectivity index (χ0v) is 34.7. The summed E-state index contributed by atoms with van der Waals surface area (Å²) in [6.45, 7) is 14.7. The molecule has 0 aliphatic carbocycles. The van der Waals surface area contributed by atoms with Crippen molar-refractivity contribution in [1.29, 1.82) is 0 Å². The van der Waals surface area contributed by atoms with Gasteiger partial charge < -0.3 is 38.9 Å².